The first-order valence-electron chi connectivity index (χ1n) is 6.09. The van der Waals surface area contributed by atoms with Crippen LogP contribution in [0.2, 0.25) is 0 Å². The van der Waals surface area contributed by atoms with E-state index in [1.54, 1.807) is 17.5 Å². The molecule has 0 atom stereocenters. The van der Waals surface area contributed by atoms with Crippen molar-refractivity contribution in [3.05, 3.63) is 58.7 Å². The molecule has 0 aliphatic heterocycles. The first kappa shape index (κ1) is 14.7. The van der Waals surface area contributed by atoms with Gasteiger partial charge in [0.2, 0.25) is 0 Å². The lowest BCUT2D eigenvalue weighted by molar-refractivity contribution is 0.702. The summed E-state index contributed by atoms with van der Waals surface area (Å²) >= 11 is 1.76. The predicted molar refractivity (Wildman–Crippen MR) is 83.9 cm³/mol. The van der Waals surface area contributed by atoms with Crippen molar-refractivity contribution in [3.63, 3.8) is 0 Å². The Kier molecular flexibility index (Phi) is 5.29. The minimum Gasteiger partial charge on any atom is -0.308 e. The lowest BCUT2D eigenvalue weighted by Crippen LogP contribution is -2.11. The number of pyridine rings is 1. The molecule has 2 N–H and O–H groups in total. The molecule has 6 heteroatoms. The van der Waals surface area contributed by atoms with E-state index in [4.69, 9.17) is 0 Å². The molecule has 0 saturated heterocycles. The van der Waals surface area contributed by atoms with E-state index in [-0.39, 0.29) is 12.4 Å². The van der Waals surface area contributed by atoms with Crippen LogP contribution in [0.25, 0.3) is 11.3 Å². The Morgan fingerprint density at radius 3 is 2.85 bits per heavy atom. The van der Waals surface area contributed by atoms with Crippen molar-refractivity contribution < 1.29 is 0 Å². The Morgan fingerprint density at radius 1 is 1.15 bits per heavy atom. The van der Waals surface area contributed by atoms with E-state index in [0.717, 1.165) is 29.9 Å². The summed E-state index contributed by atoms with van der Waals surface area (Å²) in [5.41, 5.74) is 3.25. The van der Waals surface area contributed by atoms with Gasteiger partial charge in [0.05, 0.1) is 11.9 Å². The summed E-state index contributed by atoms with van der Waals surface area (Å²) < 4.78 is 0. The van der Waals surface area contributed by atoms with Crippen LogP contribution in [0, 0.1) is 0 Å². The summed E-state index contributed by atoms with van der Waals surface area (Å²) in [6.45, 7) is 1.67. The SMILES string of the molecule is Cl.c1cncc(-c2[nH]ncc2CNCc2cccs2)c1. The number of aromatic nitrogens is 3. The maximum atomic E-state index is 4.14. The van der Waals surface area contributed by atoms with Crippen LogP contribution in [0.4, 0.5) is 0 Å². The number of rotatable bonds is 5. The second kappa shape index (κ2) is 7.19. The van der Waals surface area contributed by atoms with Crippen molar-refractivity contribution in [1.82, 2.24) is 20.5 Å². The highest BCUT2D eigenvalue weighted by molar-refractivity contribution is 7.09. The van der Waals surface area contributed by atoms with Crippen LogP contribution in [0.3, 0.4) is 0 Å². The Hall–Kier alpha value is -1.69. The molecule has 0 unspecified atom stereocenters. The van der Waals surface area contributed by atoms with Crippen LogP contribution in [-0.2, 0) is 13.1 Å². The van der Waals surface area contributed by atoms with Gasteiger partial charge in [-0.05, 0) is 23.6 Å². The van der Waals surface area contributed by atoms with Crippen molar-refractivity contribution in [2.75, 3.05) is 0 Å². The number of H-pyrrole nitrogens is 1. The van der Waals surface area contributed by atoms with Gasteiger partial charge in [-0.15, -0.1) is 23.7 Å². The molecule has 0 aromatic carbocycles. The molecule has 0 fully saturated rings. The number of nitrogens with one attached hydrogen (secondary N) is 2. The summed E-state index contributed by atoms with van der Waals surface area (Å²) in [6.07, 6.45) is 5.48. The van der Waals surface area contributed by atoms with Crippen LogP contribution in [0.15, 0.2) is 48.2 Å². The van der Waals surface area contributed by atoms with Gasteiger partial charge in [0.15, 0.2) is 0 Å². The summed E-state index contributed by atoms with van der Waals surface area (Å²) in [5.74, 6) is 0. The van der Waals surface area contributed by atoms with Gasteiger partial charge in [0.25, 0.3) is 0 Å². The lowest BCUT2D eigenvalue weighted by Gasteiger charge is -2.04. The molecule has 3 rings (SSSR count). The standard InChI is InChI=1S/C14H14N4S.ClH/c1-3-11(7-15-5-1)14-12(9-17-18-14)8-16-10-13-4-2-6-19-13;/h1-7,9,16H,8,10H2,(H,17,18);1H. The Labute approximate surface area is 127 Å². The molecule has 0 spiro atoms. The smallest absolute Gasteiger partial charge is 0.0710 e. The summed E-state index contributed by atoms with van der Waals surface area (Å²) in [7, 11) is 0. The van der Waals surface area contributed by atoms with E-state index in [9.17, 15) is 0 Å². The fraction of sp³-hybridized carbons (Fsp3) is 0.143. The summed E-state index contributed by atoms with van der Waals surface area (Å²) in [5, 5.41) is 12.7. The van der Waals surface area contributed by atoms with Gasteiger partial charge in [-0.1, -0.05) is 6.07 Å². The van der Waals surface area contributed by atoms with E-state index in [1.165, 1.54) is 4.88 Å². The molecule has 0 radical (unpaired) electrons. The van der Waals surface area contributed by atoms with E-state index < -0.39 is 0 Å². The van der Waals surface area contributed by atoms with Crippen LogP contribution in [-0.4, -0.2) is 15.2 Å². The number of hydrogen-bond donors (Lipinski definition) is 2. The van der Waals surface area contributed by atoms with Gasteiger partial charge in [-0.25, -0.2) is 0 Å². The minimum atomic E-state index is 0. The molecule has 20 heavy (non-hydrogen) atoms. The summed E-state index contributed by atoms with van der Waals surface area (Å²) in [4.78, 5) is 5.48. The average molecular weight is 307 g/mol. The van der Waals surface area contributed by atoms with Crippen LogP contribution >= 0.6 is 23.7 Å². The first-order chi connectivity index (χ1) is 9.43. The fourth-order valence-electron chi connectivity index (χ4n) is 1.94. The normalized spacial score (nSPS) is 10.2. The Balaban J connectivity index is 0.00000147. The zero-order chi connectivity index (χ0) is 12.9. The first-order valence-corrected chi connectivity index (χ1v) is 6.97. The number of thiophene rings is 1. The van der Waals surface area contributed by atoms with Crippen molar-refractivity contribution in [3.8, 4) is 11.3 Å². The second-order valence-electron chi connectivity index (χ2n) is 4.19. The molecule has 0 saturated carbocycles. The van der Waals surface area contributed by atoms with Crippen molar-refractivity contribution in [1.29, 1.82) is 0 Å². The zero-order valence-electron chi connectivity index (χ0n) is 10.7. The van der Waals surface area contributed by atoms with E-state index >= 15 is 0 Å². The third-order valence-electron chi connectivity index (χ3n) is 2.86. The highest BCUT2D eigenvalue weighted by Gasteiger charge is 2.07. The zero-order valence-corrected chi connectivity index (χ0v) is 12.4. The van der Waals surface area contributed by atoms with Crippen LogP contribution in [0.1, 0.15) is 10.4 Å². The second-order valence-corrected chi connectivity index (χ2v) is 5.23. The molecule has 0 aliphatic rings. The quantitative estimate of drug-likeness (QED) is 0.761. The van der Waals surface area contributed by atoms with Crippen LogP contribution < -0.4 is 5.32 Å². The molecule has 3 aromatic heterocycles. The monoisotopic (exact) mass is 306 g/mol. The number of aromatic amines is 1. The lowest BCUT2D eigenvalue weighted by atomic mass is 10.1. The Bertz CT molecular complexity index is 622. The van der Waals surface area contributed by atoms with E-state index in [0.29, 0.717) is 0 Å². The Morgan fingerprint density at radius 2 is 2.10 bits per heavy atom. The molecule has 0 bridgehead atoms. The van der Waals surface area contributed by atoms with Gasteiger partial charge in [-0.2, -0.15) is 5.10 Å². The van der Waals surface area contributed by atoms with Crippen molar-refractivity contribution in [2.24, 2.45) is 0 Å². The number of hydrogen-bond acceptors (Lipinski definition) is 4. The molecule has 3 heterocycles. The van der Waals surface area contributed by atoms with Crippen molar-refractivity contribution in [2.45, 2.75) is 13.1 Å². The molecule has 4 nitrogen and oxygen atoms in total. The highest BCUT2D eigenvalue weighted by atomic mass is 35.5. The number of nitrogens with zero attached hydrogens (tertiary/aromatic N) is 2. The molecule has 3 aromatic rings. The molecular weight excluding hydrogens is 292 g/mol. The van der Waals surface area contributed by atoms with Crippen molar-refractivity contribution >= 4 is 23.7 Å². The minimum absolute atomic E-state index is 0. The molecule has 104 valence electrons. The molecule has 0 aliphatic carbocycles. The summed E-state index contributed by atoms with van der Waals surface area (Å²) in [6, 6.07) is 8.16. The largest absolute Gasteiger partial charge is 0.308 e. The van der Waals surface area contributed by atoms with Gasteiger partial charge in [0, 0.05) is 41.5 Å². The van der Waals surface area contributed by atoms with Gasteiger partial charge >= 0.3 is 0 Å². The maximum Gasteiger partial charge on any atom is 0.0710 e. The van der Waals surface area contributed by atoms with Gasteiger partial charge in [0.1, 0.15) is 0 Å². The molecular formula is C14H15ClN4S. The maximum absolute atomic E-state index is 4.14. The number of halogens is 1. The highest BCUT2D eigenvalue weighted by Crippen LogP contribution is 2.19. The third kappa shape index (κ3) is 3.45. The van der Waals surface area contributed by atoms with E-state index in [1.807, 2.05) is 24.5 Å². The molecule has 0 amide bonds. The van der Waals surface area contributed by atoms with Crippen LogP contribution in [0.5, 0.6) is 0 Å². The predicted octanol–water partition coefficient (Wildman–Crippen LogP) is 3.24. The van der Waals surface area contributed by atoms with Gasteiger partial charge in [-0.3, -0.25) is 10.1 Å². The van der Waals surface area contributed by atoms with E-state index in [2.05, 4.69) is 38.0 Å². The topological polar surface area (TPSA) is 53.6 Å². The average Bonchev–Trinajstić information content (AvgIpc) is 3.11. The fourth-order valence-corrected chi connectivity index (χ4v) is 2.61. The van der Waals surface area contributed by atoms with Gasteiger partial charge < -0.3 is 5.32 Å². The third-order valence-corrected chi connectivity index (χ3v) is 3.74.